The Hall–Kier alpha value is -4.81. The number of nitrogens with one attached hydrogen (secondary N) is 1. The van der Waals surface area contributed by atoms with Gasteiger partial charge in [-0.25, -0.2) is 9.40 Å². The first-order valence-electron chi connectivity index (χ1n) is 14.7. The molecule has 46 heavy (non-hydrogen) atoms. The molecule has 0 saturated heterocycles. The predicted molar refractivity (Wildman–Crippen MR) is 177 cm³/mol. The molecule has 1 aliphatic heterocycles. The number of amides is 2. The zero-order valence-corrected chi connectivity index (χ0v) is 26.6. The van der Waals surface area contributed by atoms with Crippen LogP contribution in [0.5, 0.6) is 5.75 Å². The minimum atomic E-state index is -0.343. The van der Waals surface area contributed by atoms with Crippen molar-refractivity contribution >= 4 is 40.6 Å². The Bertz CT molecular complexity index is 1830. The van der Waals surface area contributed by atoms with Crippen molar-refractivity contribution in [2.75, 3.05) is 12.9 Å². The topological polar surface area (TPSA) is 102 Å². The third-order valence-corrected chi connectivity index (χ3v) is 9.42. The average Bonchev–Trinajstić information content (AvgIpc) is 3.86. The Morgan fingerprint density at radius 3 is 2.61 bits per heavy atom. The summed E-state index contributed by atoms with van der Waals surface area (Å²) >= 11 is 2.84. The number of aromatic nitrogens is 3. The van der Waals surface area contributed by atoms with Gasteiger partial charge in [-0.2, -0.15) is 5.10 Å². The average molecular weight is 655 g/mol. The molecule has 2 amide bonds. The molecule has 0 bridgehead atoms. The first kappa shape index (κ1) is 31.2. The number of thiophene rings is 1. The van der Waals surface area contributed by atoms with E-state index in [0.29, 0.717) is 41.7 Å². The molecule has 1 atom stereocenters. The lowest BCUT2D eigenvalue weighted by atomic mass is 10.0. The van der Waals surface area contributed by atoms with Crippen LogP contribution in [0.3, 0.4) is 0 Å². The zero-order valence-electron chi connectivity index (χ0n) is 25.0. The fourth-order valence-corrected chi connectivity index (χ4v) is 6.72. The SMILES string of the molecule is COc1cccc(C(=O)NCc2nnc(SCC(=O)N3N=C(c4cccs4)CC3c3ccc(F)cc3)n2CCc2ccccc2)c1. The van der Waals surface area contributed by atoms with Crippen LogP contribution in [-0.2, 0) is 24.3 Å². The van der Waals surface area contributed by atoms with E-state index < -0.39 is 0 Å². The van der Waals surface area contributed by atoms with Gasteiger partial charge in [-0.1, -0.05) is 66.4 Å². The number of hydrogen-bond donors (Lipinski definition) is 1. The van der Waals surface area contributed by atoms with Crippen molar-refractivity contribution in [3.8, 4) is 5.75 Å². The lowest BCUT2D eigenvalue weighted by Gasteiger charge is -2.22. The number of halogens is 1. The third-order valence-electron chi connectivity index (χ3n) is 7.55. The van der Waals surface area contributed by atoms with Gasteiger partial charge in [0, 0.05) is 18.5 Å². The van der Waals surface area contributed by atoms with Crippen LogP contribution in [0.4, 0.5) is 4.39 Å². The summed E-state index contributed by atoms with van der Waals surface area (Å²) < 4.78 is 20.9. The Morgan fingerprint density at radius 2 is 1.85 bits per heavy atom. The van der Waals surface area contributed by atoms with Crippen molar-refractivity contribution in [1.82, 2.24) is 25.1 Å². The van der Waals surface area contributed by atoms with Gasteiger partial charge >= 0.3 is 0 Å². The lowest BCUT2D eigenvalue weighted by molar-refractivity contribution is -0.130. The number of benzene rings is 3. The molecule has 6 rings (SSSR count). The number of carbonyl (C=O) groups is 2. The van der Waals surface area contributed by atoms with Gasteiger partial charge in [-0.05, 0) is 59.3 Å². The van der Waals surface area contributed by atoms with E-state index in [-0.39, 0.29) is 36.0 Å². The summed E-state index contributed by atoms with van der Waals surface area (Å²) in [5.74, 6) is 0.440. The highest BCUT2D eigenvalue weighted by atomic mass is 32.2. The van der Waals surface area contributed by atoms with Crippen LogP contribution in [0.25, 0.3) is 0 Å². The zero-order chi connectivity index (χ0) is 31.9. The van der Waals surface area contributed by atoms with Crippen molar-refractivity contribution in [2.45, 2.75) is 37.1 Å². The van der Waals surface area contributed by atoms with E-state index in [1.165, 1.54) is 28.9 Å². The molecular formula is C34H31FN6O3S2. The number of ether oxygens (including phenoxy) is 1. The smallest absolute Gasteiger partial charge is 0.253 e. The van der Waals surface area contributed by atoms with E-state index in [9.17, 15) is 14.0 Å². The van der Waals surface area contributed by atoms with Gasteiger partial charge in [0.15, 0.2) is 11.0 Å². The summed E-state index contributed by atoms with van der Waals surface area (Å²) in [5.41, 5.74) is 3.25. The highest BCUT2D eigenvalue weighted by Crippen LogP contribution is 2.35. The number of thioether (sulfide) groups is 1. The summed E-state index contributed by atoms with van der Waals surface area (Å²) in [6.07, 6.45) is 1.25. The normalized spacial score (nSPS) is 14.3. The van der Waals surface area contributed by atoms with Crippen molar-refractivity contribution < 1.29 is 18.7 Å². The van der Waals surface area contributed by atoms with Crippen molar-refractivity contribution in [2.24, 2.45) is 5.10 Å². The summed E-state index contributed by atoms with van der Waals surface area (Å²) in [5, 5.41) is 20.5. The Labute approximate surface area is 274 Å². The van der Waals surface area contributed by atoms with Gasteiger partial charge < -0.3 is 14.6 Å². The van der Waals surface area contributed by atoms with E-state index in [2.05, 4.69) is 27.6 Å². The molecule has 234 valence electrons. The second-order valence-corrected chi connectivity index (χ2v) is 12.4. The monoisotopic (exact) mass is 654 g/mol. The largest absolute Gasteiger partial charge is 0.497 e. The van der Waals surface area contributed by atoms with E-state index in [4.69, 9.17) is 9.84 Å². The summed E-state index contributed by atoms with van der Waals surface area (Å²) in [6, 6.07) is 26.8. The molecule has 0 saturated carbocycles. The van der Waals surface area contributed by atoms with E-state index in [0.717, 1.165) is 21.7 Å². The minimum Gasteiger partial charge on any atom is -0.497 e. The third kappa shape index (κ3) is 7.35. The van der Waals surface area contributed by atoms with Crippen LogP contribution in [0.2, 0.25) is 0 Å². The molecule has 3 aromatic carbocycles. The molecule has 9 nitrogen and oxygen atoms in total. The number of rotatable bonds is 12. The number of hydrazone groups is 1. The summed E-state index contributed by atoms with van der Waals surface area (Å²) in [6.45, 7) is 0.708. The van der Waals surface area contributed by atoms with E-state index in [1.807, 2.05) is 40.3 Å². The van der Waals surface area contributed by atoms with Crippen LogP contribution in [0.1, 0.15) is 44.6 Å². The van der Waals surface area contributed by atoms with Crippen molar-refractivity contribution in [3.05, 3.63) is 130 Å². The van der Waals surface area contributed by atoms with E-state index in [1.54, 1.807) is 54.8 Å². The predicted octanol–water partition coefficient (Wildman–Crippen LogP) is 6.13. The Morgan fingerprint density at radius 1 is 1.02 bits per heavy atom. The minimum absolute atomic E-state index is 0.0680. The van der Waals surface area contributed by atoms with Crippen LogP contribution in [0, 0.1) is 5.82 Å². The van der Waals surface area contributed by atoms with Gasteiger partial charge in [0.2, 0.25) is 0 Å². The molecule has 0 aliphatic carbocycles. The maximum Gasteiger partial charge on any atom is 0.253 e. The first-order chi connectivity index (χ1) is 22.5. The van der Waals surface area contributed by atoms with Gasteiger partial charge in [0.05, 0.1) is 36.0 Å². The second kappa shape index (κ2) is 14.5. The van der Waals surface area contributed by atoms with Gasteiger partial charge in [-0.15, -0.1) is 21.5 Å². The number of hydrogen-bond acceptors (Lipinski definition) is 8. The van der Waals surface area contributed by atoms with Crippen molar-refractivity contribution in [1.29, 1.82) is 0 Å². The lowest BCUT2D eigenvalue weighted by Crippen LogP contribution is -2.28. The number of carbonyl (C=O) groups excluding carboxylic acids is 2. The summed E-state index contributed by atoms with van der Waals surface area (Å²) in [4.78, 5) is 27.6. The molecule has 1 unspecified atom stereocenters. The van der Waals surface area contributed by atoms with Crippen LogP contribution in [0.15, 0.2) is 107 Å². The molecule has 0 fully saturated rings. The summed E-state index contributed by atoms with van der Waals surface area (Å²) in [7, 11) is 1.55. The number of nitrogens with zero attached hydrogens (tertiary/aromatic N) is 5. The molecule has 0 spiro atoms. The molecule has 1 aliphatic rings. The molecular weight excluding hydrogens is 624 g/mol. The first-order valence-corrected chi connectivity index (χ1v) is 16.5. The molecule has 12 heteroatoms. The standard InChI is InChI=1S/C34H31FN6O3S2/c1-44-27-10-5-9-25(19-27)33(43)36-21-31-37-38-34(40(31)17-16-23-7-3-2-4-8-23)46-22-32(42)41-29(24-12-14-26(35)15-13-24)20-28(39-41)30-11-6-18-45-30/h2-15,18-19,29H,16-17,20-22H2,1H3,(H,36,43). The molecule has 0 radical (unpaired) electrons. The molecule has 1 N–H and O–H groups in total. The second-order valence-electron chi connectivity index (χ2n) is 10.5. The highest BCUT2D eigenvalue weighted by Gasteiger charge is 2.33. The Kier molecular flexibility index (Phi) is 9.85. The number of methoxy groups -OCH3 is 1. The molecule has 5 aromatic rings. The van der Waals surface area contributed by atoms with Gasteiger partial charge in [0.1, 0.15) is 11.6 Å². The van der Waals surface area contributed by atoms with E-state index >= 15 is 0 Å². The fraction of sp³-hybridized carbons (Fsp3) is 0.206. The van der Waals surface area contributed by atoms with Gasteiger partial charge in [0.25, 0.3) is 11.8 Å². The van der Waals surface area contributed by atoms with Crippen LogP contribution in [-0.4, -0.2) is 50.2 Å². The maximum absolute atomic E-state index is 13.7. The highest BCUT2D eigenvalue weighted by molar-refractivity contribution is 7.99. The fourth-order valence-electron chi connectivity index (χ4n) is 5.16. The maximum atomic E-state index is 13.7. The number of aryl methyl sites for hydroxylation is 1. The Balaban J connectivity index is 1.19. The molecule has 2 aromatic heterocycles. The van der Waals surface area contributed by atoms with Crippen molar-refractivity contribution in [3.63, 3.8) is 0 Å². The quantitative estimate of drug-likeness (QED) is 0.163. The van der Waals surface area contributed by atoms with Crippen LogP contribution < -0.4 is 10.1 Å². The van der Waals surface area contributed by atoms with Gasteiger partial charge in [-0.3, -0.25) is 9.59 Å². The van der Waals surface area contributed by atoms with Crippen LogP contribution >= 0.6 is 23.1 Å². The molecule has 3 heterocycles.